The molecule has 0 unspecified atom stereocenters. The third kappa shape index (κ3) is 9.79. The number of ether oxygens (including phenoxy) is 1. The number of carbonyl (C=O) groups excluding carboxylic acids is 1. The lowest BCUT2D eigenvalue weighted by molar-refractivity contribution is -0.150. The Bertz CT molecular complexity index is 530. The Hall–Kier alpha value is 0.178. The number of rotatable bonds is 10. The molecule has 1 fully saturated rings. The van der Waals surface area contributed by atoms with Gasteiger partial charge >= 0.3 is 5.97 Å². The number of hydrogen-bond donors (Lipinski definition) is 0. The van der Waals surface area contributed by atoms with Gasteiger partial charge in [-0.1, -0.05) is 0 Å². The maximum Gasteiger partial charge on any atom is 0.337 e. The number of carbonyl (C=O) groups is 1. The summed E-state index contributed by atoms with van der Waals surface area (Å²) in [4.78, 5) is 12.8. The summed E-state index contributed by atoms with van der Waals surface area (Å²) in [5.74, 6) is -0.340. The fourth-order valence-corrected chi connectivity index (χ4v) is 6.72. The second-order valence-corrected chi connectivity index (χ2v) is 29.3. The smallest absolute Gasteiger partial charge is 0.337 e. The first-order valence-corrected chi connectivity index (χ1v) is 23.8. The minimum atomic E-state index is -1.96. The molecular formula is C18H42O6Si4. The average molecular weight is 467 g/mol. The summed E-state index contributed by atoms with van der Waals surface area (Å²) in [7, 11) is -7.56. The fraction of sp³-hybridized carbons (Fsp3) is 0.944. The van der Waals surface area contributed by atoms with Gasteiger partial charge in [0.25, 0.3) is 0 Å². The van der Waals surface area contributed by atoms with E-state index in [0.29, 0.717) is 6.61 Å². The lowest BCUT2D eigenvalue weighted by atomic mass is 10.1. The van der Waals surface area contributed by atoms with Crippen LogP contribution in [0.2, 0.25) is 78.6 Å². The SMILES string of the molecule is C[Si](C)(C)OC[C@H](O[Si](C)(C)C)[C@@H]1OC(=O)[C@H](O[Si](C)(C)C)[C@@H]1O[Si](C)(C)C. The zero-order valence-electron chi connectivity index (χ0n) is 20.0. The van der Waals surface area contributed by atoms with E-state index in [4.69, 9.17) is 22.4 Å². The first-order valence-electron chi connectivity index (χ1n) is 10.2. The maximum atomic E-state index is 12.8. The molecule has 28 heavy (non-hydrogen) atoms. The average Bonchev–Trinajstić information content (AvgIpc) is 2.66. The summed E-state index contributed by atoms with van der Waals surface area (Å²) < 4.78 is 31.1. The normalized spacial score (nSPS) is 25.7. The van der Waals surface area contributed by atoms with E-state index < -0.39 is 51.6 Å². The predicted octanol–water partition coefficient (Wildman–Crippen LogP) is 4.42. The summed E-state index contributed by atoms with van der Waals surface area (Å²) in [6, 6.07) is 0. The van der Waals surface area contributed by atoms with Crippen molar-refractivity contribution >= 4 is 39.2 Å². The van der Waals surface area contributed by atoms with Gasteiger partial charge in [0.05, 0.1) is 6.61 Å². The van der Waals surface area contributed by atoms with Crippen LogP contribution in [0.15, 0.2) is 0 Å². The molecule has 166 valence electrons. The van der Waals surface area contributed by atoms with Crippen LogP contribution in [0.1, 0.15) is 0 Å². The highest BCUT2D eigenvalue weighted by atomic mass is 28.4. The van der Waals surface area contributed by atoms with Gasteiger partial charge in [0.2, 0.25) is 0 Å². The van der Waals surface area contributed by atoms with Crippen molar-refractivity contribution in [3.63, 3.8) is 0 Å². The van der Waals surface area contributed by atoms with Crippen LogP contribution in [-0.2, 0) is 27.2 Å². The van der Waals surface area contributed by atoms with Gasteiger partial charge in [0.15, 0.2) is 45.5 Å². The van der Waals surface area contributed by atoms with E-state index in [1.165, 1.54) is 0 Å². The summed E-state index contributed by atoms with van der Waals surface area (Å²) in [5, 5.41) is 0. The molecule has 0 aromatic carbocycles. The van der Waals surface area contributed by atoms with Crippen LogP contribution >= 0.6 is 0 Å². The topological polar surface area (TPSA) is 63.2 Å². The van der Waals surface area contributed by atoms with Crippen LogP contribution in [-0.4, -0.2) is 70.3 Å². The lowest BCUT2D eigenvalue weighted by Gasteiger charge is -2.36. The Morgan fingerprint density at radius 1 is 0.786 bits per heavy atom. The van der Waals surface area contributed by atoms with Crippen LogP contribution in [0.25, 0.3) is 0 Å². The van der Waals surface area contributed by atoms with Crippen molar-refractivity contribution in [1.82, 2.24) is 0 Å². The number of hydrogen-bond acceptors (Lipinski definition) is 6. The quantitative estimate of drug-likeness (QED) is 0.351. The molecule has 0 radical (unpaired) electrons. The Morgan fingerprint density at radius 2 is 1.29 bits per heavy atom. The molecule has 1 rings (SSSR count). The van der Waals surface area contributed by atoms with Gasteiger partial charge in [-0.05, 0) is 78.6 Å². The van der Waals surface area contributed by atoms with Gasteiger partial charge in [0.1, 0.15) is 12.2 Å². The third-order valence-electron chi connectivity index (χ3n) is 3.63. The minimum Gasteiger partial charge on any atom is -0.455 e. The fourth-order valence-electron chi connectivity index (χ4n) is 2.88. The van der Waals surface area contributed by atoms with E-state index in [0.717, 1.165) is 0 Å². The highest BCUT2D eigenvalue weighted by Gasteiger charge is 2.53. The Kier molecular flexibility index (Phi) is 8.54. The summed E-state index contributed by atoms with van der Waals surface area (Å²) in [5.41, 5.74) is 0. The van der Waals surface area contributed by atoms with E-state index >= 15 is 0 Å². The van der Waals surface area contributed by atoms with E-state index in [1.807, 2.05) is 0 Å². The van der Waals surface area contributed by atoms with Gasteiger partial charge in [-0.3, -0.25) is 0 Å². The summed E-state index contributed by atoms with van der Waals surface area (Å²) >= 11 is 0. The van der Waals surface area contributed by atoms with Crippen molar-refractivity contribution in [2.45, 2.75) is 103 Å². The second-order valence-electron chi connectivity index (χ2n) is 11.4. The Balaban J connectivity index is 3.20. The molecule has 0 aromatic heterocycles. The molecule has 0 saturated carbocycles. The van der Waals surface area contributed by atoms with Gasteiger partial charge in [-0.15, -0.1) is 0 Å². The molecule has 1 aliphatic rings. The molecule has 1 saturated heterocycles. The molecule has 0 N–H and O–H groups in total. The minimum absolute atomic E-state index is 0.340. The molecule has 0 aliphatic carbocycles. The van der Waals surface area contributed by atoms with Crippen LogP contribution in [0.3, 0.4) is 0 Å². The second kappa shape index (κ2) is 9.12. The van der Waals surface area contributed by atoms with Crippen LogP contribution < -0.4 is 0 Å². The van der Waals surface area contributed by atoms with Crippen molar-refractivity contribution in [3.05, 3.63) is 0 Å². The Labute approximate surface area is 176 Å². The lowest BCUT2D eigenvalue weighted by Crippen LogP contribution is -2.53. The van der Waals surface area contributed by atoms with Crippen molar-refractivity contribution in [3.8, 4) is 0 Å². The monoisotopic (exact) mass is 466 g/mol. The molecule has 0 amide bonds. The van der Waals surface area contributed by atoms with Crippen molar-refractivity contribution < 1.29 is 27.2 Å². The van der Waals surface area contributed by atoms with Crippen LogP contribution in [0, 0.1) is 0 Å². The molecular weight excluding hydrogens is 425 g/mol. The molecule has 0 aromatic rings. The molecule has 1 aliphatic heterocycles. The molecule has 10 heteroatoms. The number of cyclic esters (lactones) is 1. The molecule has 0 bridgehead atoms. The standard InChI is InChI=1S/C18H42O6Si4/c1-25(2,3)20-13-14(22-26(4,5)6)15-16(23-27(7,8)9)17(18(19)21-15)24-28(10,11)12/h14-17H,13H2,1-12H3/t14-,15-,16+,17+/m0/s1. The summed E-state index contributed by atoms with van der Waals surface area (Å²) in [6.07, 6.45) is -2.01. The van der Waals surface area contributed by atoms with E-state index in [9.17, 15) is 4.79 Å². The highest BCUT2D eigenvalue weighted by molar-refractivity contribution is 6.71. The zero-order chi connectivity index (χ0) is 22.1. The van der Waals surface area contributed by atoms with Crippen LogP contribution in [0.5, 0.6) is 0 Å². The molecule has 6 nitrogen and oxygen atoms in total. The zero-order valence-corrected chi connectivity index (χ0v) is 24.0. The van der Waals surface area contributed by atoms with E-state index in [2.05, 4.69) is 78.6 Å². The van der Waals surface area contributed by atoms with Gasteiger partial charge in [-0.2, -0.15) is 0 Å². The largest absolute Gasteiger partial charge is 0.455 e. The predicted molar refractivity (Wildman–Crippen MR) is 124 cm³/mol. The molecule has 1 heterocycles. The maximum absolute atomic E-state index is 12.8. The van der Waals surface area contributed by atoms with E-state index in [-0.39, 0.29) is 12.1 Å². The van der Waals surface area contributed by atoms with Gasteiger partial charge in [-0.25, -0.2) is 4.79 Å². The number of esters is 1. The highest BCUT2D eigenvalue weighted by Crippen LogP contribution is 2.31. The van der Waals surface area contributed by atoms with Crippen molar-refractivity contribution in [2.24, 2.45) is 0 Å². The first-order chi connectivity index (χ1) is 12.3. The van der Waals surface area contributed by atoms with Gasteiger partial charge < -0.3 is 22.4 Å². The summed E-state index contributed by atoms with van der Waals surface area (Å²) in [6.45, 7) is 25.8. The Morgan fingerprint density at radius 3 is 1.68 bits per heavy atom. The molecule has 0 spiro atoms. The van der Waals surface area contributed by atoms with E-state index in [1.54, 1.807) is 0 Å². The third-order valence-corrected chi connectivity index (χ3v) is 7.61. The first kappa shape index (κ1) is 26.2. The van der Waals surface area contributed by atoms with Crippen LogP contribution in [0.4, 0.5) is 0 Å². The van der Waals surface area contributed by atoms with Crippen molar-refractivity contribution in [2.75, 3.05) is 6.61 Å². The molecule has 4 atom stereocenters. The van der Waals surface area contributed by atoms with Gasteiger partial charge in [0, 0.05) is 0 Å². The van der Waals surface area contributed by atoms with Crippen molar-refractivity contribution in [1.29, 1.82) is 0 Å².